The van der Waals surface area contributed by atoms with Crippen molar-refractivity contribution in [3.05, 3.63) is 46.4 Å². The van der Waals surface area contributed by atoms with E-state index in [0.717, 1.165) is 23.3 Å². The van der Waals surface area contributed by atoms with Gasteiger partial charge in [0.05, 0.1) is 5.69 Å². The van der Waals surface area contributed by atoms with E-state index >= 15 is 0 Å². The van der Waals surface area contributed by atoms with Gasteiger partial charge < -0.3 is 4.90 Å². The number of halogens is 1. The number of anilines is 2. The number of thioether (sulfide) groups is 1. The lowest BCUT2D eigenvalue weighted by Crippen LogP contribution is -2.31. The summed E-state index contributed by atoms with van der Waals surface area (Å²) in [6, 6.07) is 10.8. The molecule has 27 heavy (non-hydrogen) atoms. The number of carbonyl (C=O) groups is 1. The second-order valence-corrected chi connectivity index (χ2v) is 10.2. The summed E-state index contributed by atoms with van der Waals surface area (Å²) < 4.78 is 29.7. The van der Waals surface area contributed by atoms with E-state index in [9.17, 15) is 13.2 Å². The van der Waals surface area contributed by atoms with E-state index in [2.05, 4.69) is 20.7 Å². The summed E-state index contributed by atoms with van der Waals surface area (Å²) in [6.07, 6.45) is 4.39. The van der Waals surface area contributed by atoms with Crippen LogP contribution in [0.3, 0.4) is 0 Å². The predicted octanol–water partition coefficient (Wildman–Crippen LogP) is 4.27. The number of fused-ring (bicyclic) bond motifs is 1. The first-order chi connectivity index (χ1) is 12.9. The second kappa shape index (κ2) is 7.14. The minimum Gasteiger partial charge on any atom is -0.310 e. The highest BCUT2D eigenvalue weighted by Gasteiger charge is 2.39. The van der Waals surface area contributed by atoms with Crippen LogP contribution in [0.25, 0.3) is 0 Å². The maximum absolute atomic E-state index is 13.2. The van der Waals surface area contributed by atoms with Gasteiger partial charge in [-0.25, -0.2) is 8.42 Å². The van der Waals surface area contributed by atoms with Gasteiger partial charge in [-0.15, -0.1) is 11.8 Å². The molecule has 5 nitrogen and oxygen atoms in total. The number of rotatable bonds is 5. The standard InChI is InChI=1S/C19H19BrN2O3S2/c1-26-16-4-2-3-15(11-16)21-27(24,25)17-10-14(20)9-13-7-8-22(18(13)17)19(23)12-5-6-12/h2-4,9-12,21H,5-8H2,1H3. The molecule has 0 atom stereocenters. The van der Waals surface area contributed by atoms with Gasteiger partial charge in [-0.3, -0.25) is 9.52 Å². The van der Waals surface area contributed by atoms with E-state index in [0.29, 0.717) is 28.8 Å². The van der Waals surface area contributed by atoms with E-state index in [1.165, 1.54) is 0 Å². The van der Waals surface area contributed by atoms with E-state index in [1.807, 2.05) is 24.5 Å². The SMILES string of the molecule is CSc1cccc(NS(=O)(=O)c2cc(Br)cc3c2N(C(=O)C2CC2)CC3)c1. The van der Waals surface area contributed by atoms with Crippen molar-refractivity contribution in [1.29, 1.82) is 0 Å². The van der Waals surface area contributed by atoms with Gasteiger partial charge >= 0.3 is 0 Å². The molecule has 2 aromatic carbocycles. The molecular weight excluding hydrogens is 448 g/mol. The third-order valence-electron chi connectivity index (χ3n) is 4.80. The number of benzene rings is 2. The van der Waals surface area contributed by atoms with E-state index in [1.54, 1.807) is 34.9 Å². The Kier molecular flexibility index (Phi) is 4.98. The summed E-state index contributed by atoms with van der Waals surface area (Å²) in [4.78, 5) is 15.5. The lowest BCUT2D eigenvalue weighted by Gasteiger charge is -2.21. The summed E-state index contributed by atoms with van der Waals surface area (Å²) in [5.74, 6) is 0.0817. The Hall–Kier alpha value is -1.51. The number of nitrogens with one attached hydrogen (secondary N) is 1. The van der Waals surface area contributed by atoms with Gasteiger partial charge in [0.15, 0.2) is 0 Å². The fourth-order valence-corrected chi connectivity index (χ4v) is 5.78. The first-order valence-electron chi connectivity index (χ1n) is 8.70. The van der Waals surface area contributed by atoms with Crippen LogP contribution in [0.1, 0.15) is 18.4 Å². The zero-order chi connectivity index (χ0) is 19.2. The van der Waals surface area contributed by atoms with Crippen LogP contribution in [0.15, 0.2) is 50.7 Å². The van der Waals surface area contributed by atoms with Crippen molar-refractivity contribution in [3.8, 4) is 0 Å². The number of amides is 1. The van der Waals surface area contributed by atoms with Crippen LogP contribution < -0.4 is 9.62 Å². The van der Waals surface area contributed by atoms with E-state index < -0.39 is 10.0 Å². The molecule has 4 rings (SSSR count). The van der Waals surface area contributed by atoms with Crippen molar-refractivity contribution in [1.82, 2.24) is 0 Å². The summed E-state index contributed by atoms with van der Waals surface area (Å²) in [5.41, 5.74) is 1.92. The normalized spacial score (nSPS) is 16.3. The van der Waals surface area contributed by atoms with Crippen LogP contribution in [0.2, 0.25) is 0 Å². The third-order valence-corrected chi connectivity index (χ3v) is 7.38. The molecule has 2 aromatic rings. The molecule has 0 radical (unpaired) electrons. The van der Waals surface area contributed by atoms with Crippen LogP contribution >= 0.6 is 27.7 Å². The largest absolute Gasteiger partial charge is 0.310 e. The zero-order valence-electron chi connectivity index (χ0n) is 14.7. The Morgan fingerprint density at radius 1 is 1.26 bits per heavy atom. The molecule has 1 aliphatic carbocycles. The minimum absolute atomic E-state index is 0.0388. The third kappa shape index (κ3) is 3.75. The molecule has 0 unspecified atom stereocenters. The van der Waals surface area contributed by atoms with Gasteiger partial charge in [-0.05, 0) is 61.4 Å². The van der Waals surface area contributed by atoms with Crippen molar-refractivity contribution in [2.24, 2.45) is 5.92 Å². The summed E-state index contributed by atoms with van der Waals surface area (Å²) in [7, 11) is -3.84. The predicted molar refractivity (Wildman–Crippen MR) is 112 cm³/mol. The van der Waals surface area contributed by atoms with Crippen LogP contribution in [0.5, 0.6) is 0 Å². The van der Waals surface area contributed by atoms with Gasteiger partial charge in [0.2, 0.25) is 5.91 Å². The van der Waals surface area contributed by atoms with Crippen molar-refractivity contribution >= 4 is 55.0 Å². The smallest absolute Gasteiger partial charge is 0.264 e. The molecule has 1 aliphatic heterocycles. The highest BCUT2D eigenvalue weighted by molar-refractivity contribution is 9.10. The summed E-state index contributed by atoms with van der Waals surface area (Å²) in [5, 5.41) is 0. The van der Waals surface area contributed by atoms with Crippen LogP contribution in [0, 0.1) is 5.92 Å². The summed E-state index contributed by atoms with van der Waals surface area (Å²) in [6.45, 7) is 0.533. The zero-order valence-corrected chi connectivity index (χ0v) is 18.0. The summed E-state index contributed by atoms with van der Waals surface area (Å²) >= 11 is 4.96. The highest BCUT2D eigenvalue weighted by Crippen LogP contribution is 2.41. The molecule has 0 bridgehead atoms. The van der Waals surface area contributed by atoms with E-state index in [4.69, 9.17) is 0 Å². The maximum Gasteiger partial charge on any atom is 0.264 e. The Morgan fingerprint density at radius 2 is 2.04 bits per heavy atom. The molecule has 8 heteroatoms. The number of hydrogen-bond donors (Lipinski definition) is 1. The fourth-order valence-electron chi connectivity index (χ4n) is 3.34. The number of sulfonamides is 1. The van der Waals surface area contributed by atoms with Crippen LogP contribution in [-0.4, -0.2) is 27.1 Å². The van der Waals surface area contributed by atoms with Crippen LogP contribution in [0.4, 0.5) is 11.4 Å². The maximum atomic E-state index is 13.2. The molecule has 1 N–H and O–H groups in total. The molecule has 1 heterocycles. The van der Waals surface area contributed by atoms with Gasteiger partial charge in [-0.2, -0.15) is 0 Å². The molecule has 0 saturated heterocycles. The van der Waals surface area contributed by atoms with Crippen molar-refractivity contribution in [2.75, 3.05) is 22.4 Å². The van der Waals surface area contributed by atoms with Crippen LogP contribution in [-0.2, 0) is 21.2 Å². The molecule has 142 valence electrons. The first kappa shape index (κ1) is 18.8. The average Bonchev–Trinajstić information content (AvgIpc) is 3.40. The molecule has 1 saturated carbocycles. The Morgan fingerprint density at radius 3 is 2.74 bits per heavy atom. The minimum atomic E-state index is -3.84. The lowest BCUT2D eigenvalue weighted by atomic mass is 10.2. The van der Waals surface area contributed by atoms with Crippen molar-refractivity contribution < 1.29 is 13.2 Å². The molecule has 0 aromatic heterocycles. The molecule has 0 spiro atoms. The first-order valence-corrected chi connectivity index (χ1v) is 12.2. The number of carbonyl (C=O) groups excluding carboxylic acids is 1. The van der Waals surface area contributed by atoms with Crippen molar-refractivity contribution in [3.63, 3.8) is 0 Å². The molecular formula is C19H19BrN2O3S2. The van der Waals surface area contributed by atoms with E-state index in [-0.39, 0.29) is 16.7 Å². The highest BCUT2D eigenvalue weighted by atomic mass is 79.9. The number of nitrogens with zero attached hydrogens (tertiary/aromatic N) is 1. The fraction of sp³-hybridized carbons (Fsp3) is 0.316. The lowest BCUT2D eigenvalue weighted by molar-refractivity contribution is -0.119. The second-order valence-electron chi connectivity index (χ2n) is 6.76. The number of hydrogen-bond acceptors (Lipinski definition) is 4. The quantitative estimate of drug-likeness (QED) is 0.667. The van der Waals surface area contributed by atoms with Gasteiger partial charge in [0, 0.05) is 27.5 Å². The Labute approximate surface area is 171 Å². The molecule has 2 aliphatic rings. The van der Waals surface area contributed by atoms with Crippen molar-refractivity contribution in [2.45, 2.75) is 29.1 Å². The van der Waals surface area contributed by atoms with Gasteiger partial charge in [0.1, 0.15) is 4.90 Å². The molecule has 1 fully saturated rings. The van der Waals surface area contributed by atoms with Gasteiger partial charge in [0.25, 0.3) is 10.0 Å². The monoisotopic (exact) mass is 466 g/mol. The van der Waals surface area contributed by atoms with Gasteiger partial charge in [-0.1, -0.05) is 22.0 Å². The topological polar surface area (TPSA) is 66.5 Å². The Balaban J connectivity index is 1.75. The average molecular weight is 467 g/mol. The Bertz CT molecular complexity index is 1020. The molecule has 1 amide bonds.